The predicted molar refractivity (Wildman–Crippen MR) is 67.1 cm³/mol. The molecule has 5 nitrogen and oxygen atoms in total. The average molecular weight is 255 g/mol. The van der Waals surface area contributed by atoms with Gasteiger partial charge in [-0.05, 0) is 39.2 Å². The van der Waals surface area contributed by atoms with Gasteiger partial charge in [0.15, 0.2) is 0 Å². The molecule has 0 bridgehead atoms. The molecule has 1 aliphatic heterocycles. The zero-order valence-corrected chi connectivity index (χ0v) is 11.4. The van der Waals surface area contributed by atoms with Gasteiger partial charge in [0, 0.05) is 7.05 Å². The van der Waals surface area contributed by atoms with E-state index in [0.717, 1.165) is 24.7 Å². The summed E-state index contributed by atoms with van der Waals surface area (Å²) in [4.78, 5) is 24.4. The summed E-state index contributed by atoms with van der Waals surface area (Å²) in [6, 6.07) is -0.611. The fourth-order valence-corrected chi connectivity index (χ4v) is 1.68. The molecule has 1 amide bonds. The van der Waals surface area contributed by atoms with Crippen molar-refractivity contribution >= 4 is 12.4 Å². The fourth-order valence-electron chi connectivity index (χ4n) is 1.68. The molecular weight excluding hydrogens is 234 g/mol. The Kier molecular flexibility index (Phi) is 4.76. The van der Waals surface area contributed by atoms with Gasteiger partial charge in [0.2, 0.25) is 0 Å². The molecule has 102 valence electrons. The van der Waals surface area contributed by atoms with Crippen LogP contribution < -0.4 is 0 Å². The van der Waals surface area contributed by atoms with Crippen LogP contribution in [-0.4, -0.2) is 42.6 Å². The smallest absolute Gasteiger partial charge is 0.410 e. The number of ether oxygens (including phenoxy) is 2. The number of hydrogen-bond acceptors (Lipinski definition) is 4. The highest BCUT2D eigenvalue weighted by molar-refractivity contribution is 5.75. The molecule has 1 heterocycles. The molecule has 0 aliphatic carbocycles. The van der Waals surface area contributed by atoms with Crippen molar-refractivity contribution in [3.63, 3.8) is 0 Å². The summed E-state index contributed by atoms with van der Waals surface area (Å²) in [6.45, 7) is 6.03. The molecule has 0 saturated carbocycles. The Hall–Kier alpha value is -1.52. The van der Waals surface area contributed by atoms with Gasteiger partial charge in [-0.25, -0.2) is 4.79 Å². The van der Waals surface area contributed by atoms with E-state index in [2.05, 4.69) is 0 Å². The van der Waals surface area contributed by atoms with Crippen molar-refractivity contribution in [2.45, 2.75) is 45.3 Å². The van der Waals surface area contributed by atoms with Crippen LogP contribution in [0.5, 0.6) is 0 Å². The fraction of sp³-hybridized carbons (Fsp3) is 0.692. The van der Waals surface area contributed by atoms with E-state index in [1.165, 1.54) is 4.90 Å². The van der Waals surface area contributed by atoms with Crippen molar-refractivity contribution in [1.82, 2.24) is 4.90 Å². The summed E-state index contributed by atoms with van der Waals surface area (Å²) in [7, 11) is 1.56. The molecule has 0 fully saturated rings. The Balaban J connectivity index is 2.72. The van der Waals surface area contributed by atoms with Gasteiger partial charge in [-0.3, -0.25) is 4.90 Å². The Morgan fingerprint density at radius 1 is 1.56 bits per heavy atom. The van der Waals surface area contributed by atoms with Crippen LogP contribution in [-0.2, 0) is 14.3 Å². The van der Waals surface area contributed by atoms with E-state index < -0.39 is 17.7 Å². The number of rotatable bonds is 3. The number of amides is 1. The number of likely N-dealkylation sites (N-methyl/N-ethyl adjacent to an activating group) is 1. The van der Waals surface area contributed by atoms with E-state index in [-0.39, 0.29) is 0 Å². The summed E-state index contributed by atoms with van der Waals surface area (Å²) in [5, 5.41) is 0. The van der Waals surface area contributed by atoms with Crippen molar-refractivity contribution in [3.8, 4) is 0 Å². The molecule has 0 spiro atoms. The molecule has 1 aliphatic rings. The highest BCUT2D eigenvalue weighted by atomic mass is 16.6. The maximum absolute atomic E-state index is 11.9. The van der Waals surface area contributed by atoms with Crippen molar-refractivity contribution in [2.24, 2.45) is 0 Å². The second kappa shape index (κ2) is 5.89. The van der Waals surface area contributed by atoms with Crippen LogP contribution >= 0.6 is 0 Å². The van der Waals surface area contributed by atoms with Gasteiger partial charge in [-0.15, -0.1) is 0 Å². The quantitative estimate of drug-likeness (QED) is 0.725. The molecule has 18 heavy (non-hydrogen) atoms. The SMILES string of the molecule is CN(C(=O)OC(C)(C)C)C(C=O)C1=COCCC1. The van der Waals surface area contributed by atoms with Crippen molar-refractivity contribution in [3.05, 3.63) is 11.8 Å². The number of carbonyl (C=O) groups is 2. The summed E-state index contributed by atoms with van der Waals surface area (Å²) >= 11 is 0. The van der Waals surface area contributed by atoms with E-state index in [9.17, 15) is 9.59 Å². The molecule has 5 heteroatoms. The second-order valence-corrected chi connectivity index (χ2v) is 5.34. The molecule has 0 aromatic carbocycles. The highest BCUT2D eigenvalue weighted by Crippen LogP contribution is 2.20. The van der Waals surface area contributed by atoms with E-state index in [4.69, 9.17) is 9.47 Å². The molecule has 1 rings (SSSR count). The second-order valence-electron chi connectivity index (χ2n) is 5.34. The Bertz CT molecular complexity index is 343. The molecule has 0 aromatic rings. The van der Waals surface area contributed by atoms with Gasteiger partial charge in [-0.2, -0.15) is 0 Å². The standard InChI is InChI=1S/C13H21NO4/c1-13(2,3)18-12(16)14(4)11(8-15)10-6-5-7-17-9-10/h8-9,11H,5-7H2,1-4H3. The third kappa shape index (κ3) is 4.05. The van der Waals surface area contributed by atoms with Crippen LogP contribution in [0.4, 0.5) is 4.79 Å². The first-order chi connectivity index (χ1) is 8.35. The van der Waals surface area contributed by atoms with E-state index >= 15 is 0 Å². The normalized spacial score (nSPS) is 17.2. The minimum absolute atomic E-state index is 0.508. The van der Waals surface area contributed by atoms with Crippen LogP contribution in [0.25, 0.3) is 0 Å². The zero-order chi connectivity index (χ0) is 13.8. The Morgan fingerprint density at radius 2 is 2.22 bits per heavy atom. The topological polar surface area (TPSA) is 55.8 Å². The lowest BCUT2D eigenvalue weighted by atomic mass is 10.0. The third-order valence-corrected chi connectivity index (χ3v) is 2.57. The van der Waals surface area contributed by atoms with E-state index in [0.29, 0.717) is 6.61 Å². The molecule has 0 N–H and O–H groups in total. The maximum Gasteiger partial charge on any atom is 0.410 e. The van der Waals surface area contributed by atoms with Gasteiger partial charge in [0.1, 0.15) is 17.9 Å². The predicted octanol–water partition coefficient (Wildman–Crippen LogP) is 2.12. The number of aldehydes is 1. The van der Waals surface area contributed by atoms with Crippen LogP contribution in [0.2, 0.25) is 0 Å². The molecular formula is C13H21NO4. The molecule has 0 saturated heterocycles. The molecule has 0 radical (unpaired) electrons. The van der Waals surface area contributed by atoms with Gasteiger partial charge in [0.25, 0.3) is 0 Å². The Morgan fingerprint density at radius 3 is 2.67 bits per heavy atom. The summed E-state index contributed by atoms with van der Waals surface area (Å²) in [5.74, 6) is 0. The minimum atomic E-state index is -0.611. The lowest BCUT2D eigenvalue weighted by Gasteiger charge is -2.30. The molecule has 1 unspecified atom stereocenters. The summed E-state index contributed by atoms with van der Waals surface area (Å²) in [6.07, 6.45) is 3.43. The number of nitrogens with zero attached hydrogens (tertiary/aromatic N) is 1. The summed E-state index contributed by atoms with van der Waals surface area (Å²) in [5.41, 5.74) is 0.237. The van der Waals surface area contributed by atoms with Gasteiger partial charge in [0.05, 0.1) is 12.9 Å². The van der Waals surface area contributed by atoms with Crippen molar-refractivity contribution < 1.29 is 19.1 Å². The first-order valence-electron chi connectivity index (χ1n) is 6.07. The number of carbonyl (C=O) groups excluding carboxylic acids is 2. The lowest BCUT2D eigenvalue weighted by Crippen LogP contribution is -2.43. The van der Waals surface area contributed by atoms with Crippen LogP contribution in [0.1, 0.15) is 33.6 Å². The van der Waals surface area contributed by atoms with Gasteiger partial charge >= 0.3 is 6.09 Å². The lowest BCUT2D eigenvalue weighted by molar-refractivity contribution is -0.111. The van der Waals surface area contributed by atoms with Crippen LogP contribution in [0.3, 0.4) is 0 Å². The van der Waals surface area contributed by atoms with Crippen molar-refractivity contribution in [2.75, 3.05) is 13.7 Å². The highest BCUT2D eigenvalue weighted by Gasteiger charge is 2.28. The monoisotopic (exact) mass is 255 g/mol. The third-order valence-electron chi connectivity index (χ3n) is 2.57. The van der Waals surface area contributed by atoms with Crippen LogP contribution in [0, 0.1) is 0 Å². The molecule has 0 aromatic heterocycles. The minimum Gasteiger partial charge on any atom is -0.501 e. The van der Waals surface area contributed by atoms with E-state index in [1.54, 1.807) is 34.1 Å². The zero-order valence-electron chi connectivity index (χ0n) is 11.4. The largest absolute Gasteiger partial charge is 0.501 e. The van der Waals surface area contributed by atoms with Gasteiger partial charge < -0.3 is 14.3 Å². The van der Waals surface area contributed by atoms with Gasteiger partial charge in [-0.1, -0.05) is 0 Å². The average Bonchev–Trinajstić information content (AvgIpc) is 2.29. The molecule has 1 atom stereocenters. The first kappa shape index (κ1) is 14.5. The maximum atomic E-state index is 11.9. The van der Waals surface area contributed by atoms with Crippen molar-refractivity contribution in [1.29, 1.82) is 0 Å². The summed E-state index contributed by atoms with van der Waals surface area (Å²) < 4.78 is 10.4. The van der Waals surface area contributed by atoms with Crippen LogP contribution in [0.15, 0.2) is 11.8 Å². The number of hydrogen-bond donors (Lipinski definition) is 0. The first-order valence-corrected chi connectivity index (χ1v) is 6.07. The Labute approximate surface area is 108 Å². The van der Waals surface area contributed by atoms with E-state index in [1.807, 2.05) is 0 Å².